The number of nitrogens with zero attached hydrogens (tertiary/aromatic N) is 2. The van der Waals surface area contributed by atoms with E-state index >= 15 is 0 Å². The third-order valence-corrected chi connectivity index (χ3v) is 2.94. The van der Waals surface area contributed by atoms with Gasteiger partial charge in [0.25, 0.3) is 0 Å². The van der Waals surface area contributed by atoms with Gasteiger partial charge in [0, 0.05) is 13.1 Å². The topological polar surface area (TPSA) is 23.3 Å². The maximum atomic E-state index is 12.4. The van der Waals surface area contributed by atoms with Crippen LogP contribution in [0.25, 0.3) is 0 Å². The van der Waals surface area contributed by atoms with E-state index in [1.54, 1.807) is 4.90 Å². The Morgan fingerprint density at radius 3 is 1.67 bits per heavy atom. The number of benzene rings is 2. The number of para-hydroxylation sites is 2. The van der Waals surface area contributed by atoms with Crippen molar-refractivity contribution in [2.75, 3.05) is 18.0 Å². The number of anilines is 2. The molecule has 0 aliphatic carbocycles. The number of urea groups is 1. The van der Waals surface area contributed by atoms with Crippen LogP contribution >= 0.6 is 0 Å². The summed E-state index contributed by atoms with van der Waals surface area (Å²) in [7, 11) is 0. The molecule has 3 rings (SSSR count). The minimum atomic E-state index is 0.0485. The number of hydrogen-bond donors (Lipinski definition) is 0. The maximum absolute atomic E-state index is 12.4. The molecule has 1 fully saturated rings. The Kier molecular flexibility index (Phi) is 2.73. The number of carbonyl (C=O) groups is 1. The van der Waals surface area contributed by atoms with Crippen molar-refractivity contribution in [3.05, 3.63) is 60.7 Å². The predicted molar refractivity (Wildman–Crippen MR) is 72.0 cm³/mol. The highest BCUT2D eigenvalue weighted by Gasteiger charge is 2.30. The predicted octanol–water partition coefficient (Wildman–Crippen LogP) is 3.26. The average Bonchev–Trinajstić information content (AvgIpc) is 3.26. The molecule has 0 spiro atoms. The van der Waals surface area contributed by atoms with Crippen molar-refractivity contribution in [3.8, 4) is 0 Å². The second kappa shape index (κ2) is 4.53. The molecule has 1 saturated heterocycles. The SMILES string of the molecule is O=C(N1CC1)N(c1ccccc1)c1ccccc1. The molecule has 2 aromatic rings. The molecule has 1 aliphatic heterocycles. The van der Waals surface area contributed by atoms with Gasteiger partial charge in [0.1, 0.15) is 0 Å². The quantitative estimate of drug-likeness (QED) is 0.736. The summed E-state index contributed by atoms with van der Waals surface area (Å²) in [6, 6.07) is 19.5. The number of amides is 2. The molecule has 1 aliphatic rings. The van der Waals surface area contributed by atoms with Crippen molar-refractivity contribution in [2.45, 2.75) is 0 Å². The molecule has 3 nitrogen and oxygen atoms in total. The van der Waals surface area contributed by atoms with E-state index in [-0.39, 0.29) is 6.03 Å². The molecular weight excluding hydrogens is 224 g/mol. The van der Waals surface area contributed by atoms with Crippen molar-refractivity contribution in [2.24, 2.45) is 0 Å². The summed E-state index contributed by atoms with van der Waals surface area (Å²) in [6.45, 7) is 1.71. The van der Waals surface area contributed by atoms with Crippen LogP contribution in [-0.4, -0.2) is 24.0 Å². The fourth-order valence-corrected chi connectivity index (χ4v) is 1.91. The van der Waals surface area contributed by atoms with Gasteiger partial charge < -0.3 is 4.90 Å². The number of hydrogen-bond acceptors (Lipinski definition) is 1. The zero-order valence-electron chi connectivity index (χ0n) is 9.99. The largest absolute Gasteiger partial charge is 0.329 e. The van der Waals surface area contributed by atoms with Gasteiger partial charge in [0.05, 0.1) is 11.4 Å². The van der Waals surface area contributed by atoms with E-state index in [0.717, 1.165) is 24.5 Å². The molecule has 0 unspecified atom stereocenters. The lowest BCUT2D eigenvalue weighted by Gasteiger charge is -2.23. The van der Waals surface area contributed by atoms with E-state index in [1.807, 2.05) is 65.6 Å². The Morgan fingerprint density at radius 2 is 1.28 bits per heavy atom. The molecular formula is C15H14N2O. The third-order valence-electron chi connectivity index (χ3n) is 2.94. The van der Waals surface area contributed by atoms with E-state index in [9.17, 15) is 4.79 Å². The fourth-order valence-electron chi connectivity index (χ4n) is 1.91. The lowest BCUT2D eigenvalue weighted by Crippen LogP contribution is -2.30. The van der Waals surface area contributed by atoms with Crippen LogP contribution in [0.15, 0.2) is 60.7 Å². The second-order valence-electron chi connectivity index (χ2n) is 4.28. The Labute approximate surface area is 106 Å². The smallest absolute Gasteiger partial charge is 0.320 e. The van der Waals surface area contributed by atoms with Gasteiger partial charge >= 0.3 is 6.03 Å². The Morgan fingerprint density at radius 1 is 0.833 bits per heavy atom. The number of rotatable bonds is 2. The van der Waals surface area contributed by atoms with Crippen molar-refractivity contribution < 1.29 is 4.79 Å². The summed E-state index contributed by atoms with van der Waals surface area (Å²) in [4.78, 5) is 15.9. The number of carbonyl (C=O) groups excluding carboxylic acids is 1. The van der Waals surface area contributed by atoms with Gasteiger partial charge in [-0.25, -0.2) is 4.79 Å². The van der Waals surface area contributed by atoms with Crippen molar-refractivity contribution >= 4 is 17.4 Å². The van der Waals surface area contributed by atoms with Crippen LogP contribution in [-0.2, 0) is 0 Å². The molecule has 0 bridgehead atoms. The zero-order valence-corrected chi connectivity index (χ0v) is 9.99. The molecule has 90 valence electrons. The first-order chi connectivity index (χ1) is 8.86. The van der Waals surface area contributed by atoms with Crippen LogP contribution in [0.3, 0.4) is 0 Å². The maximum Gasteiger partial charge on any atom is 0.329 e. The van der Waals surface area contributed by atoms with E-state index in [4.69, 9.17) is 0 Å². The molecule has 0 aromatic heterocycles. The highest BCUT2D eigenvalue weighted by atomic mass is 16.2. The molecule has 1 heterocycles. The molecule has 0 radical (unpaired) electrons. The summed E-state index contributed by atoms with van der Waals surface area (Å²) < 4.78 is 0. The Bertz CT molecular complexity index is 495. The molecule has 2 aromatic carbocycles. The monoisotopic (exact) mass is 238 g/mol. The molecule has 3 heteroatoms. The summed E-state index contributed by atoms with van der Waals surface area (Å²) in [5.41, 5.74) is 1.81. The van der Waals surface area contributed by atoms with Gasteiger partial charge in [-0.1, -0.05) is 36.4 Å². The molecule has 0 atom stereocenters. The van der Waals surface area contributed by atoms with Gasteiger partial charge in [-0.3, -0.25) is 4.90 Å². The molecule has 18 heavy (non-hydrogen) atoms. The normalized spacial score (nSPS) is 13.2. The standard InChI is InChI=1S/C15H14N2O/c18-15(16-11-12-16)17(13-7-3-1-4-8-13)14-9-5-2-6-10-14/h1-10H,11-12H2. The van der Waals surface area contributed by atoms with Crippen LogP contribution < -0.4 is 4.90 Å². The Balaban J connectivity index is 2.01. The second-order valence-corrected chi connectivity index (χ2v) is 4.28. The van der Waals surface area contributed by atoms with E-state index < -0.39 is 0 Å². The average molecular weight is 238 g/mol. The van der Waals surface area contributed by atoms with E-state index in [1.165, 1.54) is 0 Å². The zero-order chi connectivity index (χ0) is 12.4. The van der Waals surface area contributed by atoms with Crippen molar-refractivity contribution in [1.29, 1.82) is 0 Å². The first kappa shape index (κ1) is 10.8. The fraction of sp³-hybridized carbons (Fsp3) is 0.133. The van der Waals surface area contributed by atoms with Gasteiger partial charge in [0.15, 0.2) is 0 Å². The lowest BCUT2D eigenvalue weighted by molar-refractivity contribution is 0.238. The summed E-state index contributed by atoms with van der Waals surface area (Å²) in [5, 5.41) is 0. The van der Waals surface area contributed by atoms with Crippen LogP contribution in [0.4, 0.5) is 16.2 Å². The highest BCUT2D eigenvalue weighted by molar-refractivity contribution is 6.00. The van der Waals surface area contributed by atoms with E-state index in [0.29, 0.717) is 0 Å². The first-order valence-corrected chi connectivity index (χ1v) is 6.05. The minimum absolute atomic E-state index is 0.0485. The highest BCUT2D eigenvalue weighted by Crippen LogP contribution is 2.27. The molecule has 2 amide bonds. The van der Waals surface area contributed by atoms with Gasteiger partial charge in [-0.15, -0.1) is 0 Å². The van der Waals surface area contributed by atoms with E-state index in [2.05, 4.69) is 0 Å². The summed E-state index contributed by atoms with van der Waals surface area (Å²) >= 11 is 0. The van der Waals surface area contributed by atoms with Crippen LogP contribution in [0.1, 0.15) is 0 Å². The van der Waals surface area contributed by atoms with Gasteiger partial charge in [0.2, 0.25) is 0 Å². The summed E-state index contributed by atoms with van der Waals surface area (Å²) in [5.74, 6) is 0. The van der Waals surface area contributed by atoms with Crippen molar-refractivity contribution in [1.82, 2.24) is 4.90 Å². The van der Waals surface area contributed by atoms with Crippen LogP contribution in [0.5, 0.6) is 0 Å². The van der Waals surface area contributed by atoms with Gasteiger partial charge in [-0.05, 0) is 24.3 Å². The van der Waals surface area contributed by atoms with Crippen LogP contribution in [0.2, 0.25) is 0 Å². The van der Waals surface area contributed by atoms with Gasteiger partial charge in [-0.2, -0.15) is 0 Å². The first-order valence-electron chi connectivity index (χ1n) is 6.05. The van der Waals surface area contributed by atoms with Crippen LogP contribution in [0, 0.1) is 0 Å². The van der Waals surface area contributed by atoms with Crippen molar-refractivity contribution in [3.63, 3.8) is 0 Å². The molecule has 0 saturated carbocycles. The molecule has 0 N–H and O–H groups in total. The lowest BCUT2D eigenvalue weighted by atomic mass is 10.2. The minimum Gasteiger partial charge on any atom is -0.320 e. The Hall–Kier alpha value is -2.29. The third kappa shape index (κ3) is 2.07. The summed E-state index contributed by atoms with van der Waals surface area (Å²) in [6.07, 6.45) is 0.